The number of furan rings is 1. The molecular formula is C15H20N2O4. The molecule has 21 heavy (non-hydrogen) atoms. The monoisotopic (exact) mass is 292 g/mol. The summed E-state index contributed by atoms with van der Waals surface area (Å²) in [5.41, 5.74) is 0.514. The lowest BCUT2D eigenvalue weighted by Crippen LogP contribution is -2.47. The number of ether oxygens (including phenoxy) is 1. The number of nitrogens with zero attached hydrogens (tertiary/aromatic N) is 1. The number of nitrogens with one attached hydrogen (secondary N) is 1. The van der Waals surface area contributed by atoms with Crippen molar-refractivity contribution >= 4 is 11.8 Å². The fourth-order valence-electron chi connectivity index (χ4n) is 3.46. The molecule has 1 aromatic rings. The molecule has 0 bridgehead atoms. The van der Waals surface area contributed by atoms with Crippen LogP contribution in [0.5, 0.6) is 0 Å². The zero-order valence-electron chi connectivity index (χ0n) is 12.1. The smallest absolute Gasteiger partial charge is 0.257 e. The van der Waals surface area contributed by atoms with Crippen LogP contribution in [0.3, 0.4) is 0 Å². The Bertz CT molecular complexity index is 518. The van der Waals surface area contributed by atoms with Crippen LogP contribution in [0.4, 0.5) is 0 Å². The Morgan fingerprint density at radius 3 is 2.90 bits per heavy atom. The van der Waals surface area contributed by atoms with Gasteiger partial charge in [0.2, 0.25) is 5.91 Å². The van der Waals surface area contributed by atoms with E-state index in [0.717, 1.165) is 12.8 Å². The number of carbonyl (C=O) groups excluding carboxylic acids is 2. The molecule has 3 heterocycles. The molecule has 2 fully saturated rings. The fraction of sp³-hybridized carbons (Fsp3) is 0.600. The summed E-state index contributed by atoms with van der Waals surface area (Å²) < 4.78 is 10.2. The van der Waals surface area contributed by atoms with Gasteiger partial charge >= 0.3 is 0 Å². The van der Waals surface area contributed by atoms with Crippen molar-refractivity contribution in [3.05, 3.63) is 24.2 Å². The van der Waals surface area contributed by atoms with Gasteiger partial charge in [0.15, 0.2) is 0 Å². The molecule has 114 valence electrons. The zero-order valence-corrected chi connectivity index (χ0v) is 12.1. The Hall–Kier alpha value is -1.82. The lowest BCUT2D eigenvalue weighted by molar-refractivity contribution is -0.126. The van der Waals surface area contributed by atoms with E-state index in [2.05, 4.69) is 5.32 Å². The number of hydrogen-bond donors (Lipinski definition) is 1. The van der Waals surface area contributed by atoms with Crippen molar-refractivity contribution in [2.24, 2.45) is 11.3 Å². The molecule has 0 radical (unpaired) electrons. The molecule has 1 N–H and O–H groups in total. The van der Waals surface area contributed by atoms with E-state index in [1.54, 1.807) is 13.2 Å². The second kappa shape index (κ2) is 5.52. The lowest BCUT2D eigenvalue weighted by atomic mass is 9.71. The van der Waals surface area contributed by atoms with Gasteiger partial charge in [-0.3, -0.25) is 9.59 Å². The number of likely N-dealkylation sites (tertiary alicyclic amines) is 1. The quantitative estimate of drug-likeness (QED) is 0.898. The molecule has 3 rings (SSSR count). The molecule has 2 amide bonds. The van der Waals surface area contributed by atoms with Crippen molar-refractivity contribution in [1.29, 1.82) is 0 Å². The van der Waals surface area contributed by atoms with E-state index in [1.165, 1.54) is 12.5 Å². The summed E-state index contributed by atoms with van der Waals surface area (Å²) in [4.78, 5) is 26.1. The van der Waals surface area contributed by atoms with Gasteiger partial charge in [-0.15, -0.1) is 0 Å². The minimum Gasteiger partial charge on any atom is -0.472 e. The van der Waals surface area contributed by atoms with E-state index in [4.69, 9.17) is 9.15 Å². The maximum absolute atomic E-state index is 12.3. The zero-order chi connectivity index (χ0) is 14.9. The minimum atomic E-state index is -0.103. The Morgan fingerprint density at radius 2 is 2.29 bits per heavy atom. The first kappa shape index (κ1) is 14.1. The Kier molecular flexibility index (Phi) is 3.71. The van der Waals surface area contributed by atoms with Gasteiger partial charge in [-0.05, 0) is 18.9 Å². The van der Waals surface area contributed by atoms with Gasteiger partial charge in [0.05, 0.1) is 24.4 Å². The number of methoxy groups -OCH3 is 1. The van der Waals surface area contributed by atoms with Gasteiger partial charge in [-0.25, -0.2) is 0 Å². The molecule has 0 aromatic carbocycles. The average molecular weight is 292 g/mol. The number of piperidine rings is 1. The maximum atomic E-state index is 12.3. The second-order valence-corrected chi connectivity index (χ2v) is 5.89. The Morgan fingerprint density at radius 1 is 1.52 bits per heavy atom. The third-order valence-corrected chi connectivity index (χ3v) is 4.82. The van der Waals surface area contributed by atoms with E-state index in [9.17, 15) is 9.59 Å². The molecule has 0 saturated carbocycles. The summed E-state index contributed by atoms with van der Waals surface area (Å²) in [7, 11) is 1.62. The number of carbonyl (C=O) groups is 2. The molecule has 2 saturated heterocycles. The number of rotatable bonds is 3. The topological polar surface area (TPSA) is 71.8 Å². The second-order valence-electron chi connectivity index (χ2n) is 5.89. The van der Waals surface area contributed by atoms with Crippen LogP contribution in [0.25, 0.3) is 0 Å². The summed E-state index contributed by atoms with van der Waals surface area (Å²) in [5, 5.41) is 2.95. The highest BCUT2D eigenvalue weighted by molar-refractivity contribution is 5.94. The van der Waals surface area contributed by atoms with Crippen LogP contribution in [-0.2, 0) is 9.53 Å². The molecule has 0 aliphatic carbocycles. The first-order valence-electron chi connectivity index (χ1n) is 7.24. The molecule has 1 unspecified atom stereocenters. The fourth-order valence-corrected chi connectivity index (χ4v) is 3.46. The van der Waals surface area contributed by atoms with Crippen molar-refractivity contribution in [3.8, 4) is 0 Å². The molecule has 6 heteroatoms. The number of hydrogen-bond acceptors (Lipinski definition) is 4. The summed E-state index contributed by atoms with van der Waals surface area (Å²) in [6.07, 6.45) is 4.63. The van der Waals surface area contributed by atoms with Crippen LogP contribution in [-0.4, -0.2) is 50.1 Å². The molecule has 1 spiro atoms. The molecule has 6 nitrogen and oxygen atoms in total. The molecule has 2 aliphatic rings. The van der Waals surface area contributed by atoms with Crippen molar-refractivity contribution in [2.75, 3.05) is 33.4 Å². The highest BCUT2D eigenvalue weighted by atomic mass is 16.5. The van der Waals surface area contributed by atoms with E-state index in [-0.39, 0.29) is 23.1 Å². The van der Waals surface area contributed by atoms with Crippen LogP contribution < -0.4 is 5.32 Å². The van der Waals surface area contributed by atoms with Gasteiger partial charge in [-0.2, -0.15) is 0 Å². The normalized spacial score (nSPS) is 24.3. The third kappa shape index (κ3) is 2.44. The average Bonchev–Trinajstić information content (AvgIpc) is 3.12. The first-order valence-corrected chi connectivity index (χ1v) is 7.24. The summed E-state index contributed by atoms with van der Waals surface area (Å²) >= 11 is 0. The largest absolute Gasteiger partial charge is 0.472 e. The van der Waals surface area contributed by atoms with Crippen LogP contribution >= 0.6 is 0 Å². The van der Waals surface area contributed by atoms with Crippen LogP contribution in [0.2, 0.25) is 0 Å². The van der Waals surface area contributed by atoms with Crippen LogP contribution in [0.15, 0.2) is 23.0 Å². The van der Waals surface area contributed by atoms with Gasteiger partial charge < -0.3 is 19.4 Å². The van der Waals surface area contributed by atoms with Crippen molar-refractivity contribution < 1.29 is 18.7 Å². The lowest BCUT2D eigenvalue weighted by Gasteiger charge is -2.41. The summed E-state index contributed by atoms with van der Waals surface area (Å²) in [6, 6.07) is 1.68. The van der Waals surface area contributed by atoms with Gasteiger partial charge in [-0.1, -0.05) is 0 Å². The standard InChI is InChI=1S/C15H20N2O4/c1-20-9-12-13(18)16-10-15(12)3-5-17(6-4-15)14(19)11-2-7-21-8-11/h2,7-8,12H,3-6,9-10H2,1H3,(H,16,18). The molecule has 1 atom stereocenters. The molecular weight excluding hydrogens is 272 g/mol. The van der Waals surface area contributed by atoms with Gasteiger partial charge in [0.25, 0.3) is 5.91 Å². The van der Waals surface area contributed by atoms with E-state index < -0.39 is 0 Å². The molecule has 1 aromatic heterocycles. The maximum Gasteiger partial charge on any atom is 0.257 e. The Balaban J connectivity index is 1.67. The van der Waals surface area contributed by atoms with Crippen molar-refractivity contribution in [3.63, 3.8) is 0 Å². The predicted octanol–water partition coefficient (Wildman–Crippen LogP) is 0.894. The predicted molar refractivity (Wildman–Crippen MR) is 74.7 cm³/mol. The third-order valence-electron chi connectivity index (χ3n) is 4.82. The van der Waals surface area contributed by atoms with E-state index in [0.29, 0.717) is 31.8 Å². The highest BCUT2D eigenvalue weighted by Crippen LogP contribution is 2.42. The highest BCUT2D eigenvalue weighted by Gasteiger charge is 2.49. The van der Waals surface area contributed by atoms with Crippen molar-refractivity contribution in [1.82, 2.24) is 10.2 Å². The molecule has 2 aliphatic heterocycles. The minimum absolute atomic E-state index is 0.000765. The van der Waals surface area contributed by atoms with Crippen LogP contribution in [0, 0.1) is 11.3 Å². The van der Waals surface area contributed by atoms with Gasteiger partial charge in [0.1, 0.15) is 6.26 Å². The first-order chi connectivity index (χ1) is 10.2. The SMILES string of the molecule is COCC1C(=O)NCC12CCN(C(=O)c1ccoc1)CC2. The van der Waals surface area contributed by atoms with E-state index in [1.807, 2.05) is 4.90 Å². The van der Waals surface area contributed by atoms with Gasteiger partial charge in [0, 0.05) is 32.2 Å². The van der Waals surface area contributed by atoms with E-state index >= 15 is 0 Å². The Labute approximate surface area is 123 Å². The summed E-state index contributed by atoms with van der Waals surface area (Å²) in [5.74, 6) is -0.0284. The summed E-state index contributed by atoms with van der Waals surface area (Å²) in [6.45, 7) is 2.47. The van der Waals surface area contributed by atoms with Crippen molar-refractivity contribution in [2.45, 2.75) is 12.8 Å². The number of amides is 2. The van der Waals surface area contributed by atoms with Crippen LogP contribution in [0.1, 0.15) is 23.2 Å².